The zero-order chi connectivity index (χ0) is 12.6. The average Bonchev–Trinajstić information content (AvgIpc) is 2.65. The van der Waals surface area contributed by atoms with Gasteiger partial charge in [-0.2, -0.15) is 0 Å². The molecule has 17 heavy (non-hydrogen) atoms. The highest BCUT2D eigenvalue weighted by Crippen LogP contribution is 2.36. The summed E-state index contributed by atoms with van der Waals surface area (Å²) in [5.41, 5.74) is 7.58. The van der Waals surface area contributed by atoms with Crippen LogP contribution in [-0.2, 0) is 0 Å². The van der Waals surface area contributed by atoms with E-state index in [1.54, 1.807) is 12.1 Å². The Morgan fingerprint density at radius 3 is 2.82 bits per heavy atom. The Morgan fingerprint density at radius 2 is 2.18 bits per heavy atom. The van der Waals surface area contributed by atoms with Crippen LogP contribution in [0.15, 0.2) is 12.1 Å². The fourth-order valence-electron chi connectivity index (χ4n) is 2.68. The van der Waals surface area contributed by atoms with Crippen molar-refractivity contribution < 1.29 is 4.39 Å². The van der Waals surface area contributed by atoms with Crippen LogP contribution in [-0.4, -0.2) is 12.1 Å². The Kier molecular flexibility index (Phi) is 3.80. The molecule has 1 saturated heterocycles. The molecule has 2 unspecified atom stereocenters. The van der Waals surface area contributed by atoms with Crippen LogP contribution in [0.25, 0.3) is 0 Å². The Balaban J connectivity index is 2.42. The van der Waals surface area contributed by atoms with Gasteiger partial charge >= 0.3 is 0 Å². The zero-order valence-corrected chi connectivity index (χ0v) is 12.4. The van der Waals surface area contributed by atoms with E-state index in [0.29, 0.717) is 21.3 Å². The highest BCUT2D eigenvalue weighted by molar-refractivity contribution is 14.1. The van der Waals surface area contributed by atoms with E-state index in [1.165, 1.54) is 6.42 Å². The summed E-state index contributed by atoms with van der Waals surface area (Å²) < 4.78 is 14.3. The van der Waals surface area contributed by atoms with Crippen LogP contribution in [0.2, 0.25) is 0 Å². The molecule has 0 spiro atoms. The number of rotatable bonds is 2. The number of hydrogen-bond donors (Lipinski definition) is 1. The summed E-state index contributed by atoms with van der Waals surface area (Å²) in [7, 11) is 0. The number of anilines is 2. The summed E-state index contributed by atoms with van der Waals surface area (Å²) in [6, 6.07) is 4.25. The third-order valence-electron chi connectivity index (χ3n) is 3.60. The molecule has 0 bridgehead atoms. The van der Waals surface area contributed by atoms with Crippen LogP contribution in [0, 0.1) is 9.39 Å². The first-order valence-corrected chi connectivity index (χ1v) is 7.15. The van der Waals surface area contributed by atoms with Crippen molar-refractivity contribution in [3.8, 4) is 0 Å². The summed E-state index contributed by atoms with van der Waals surface area (Å²) >= 11 is 1.98. The Labute approximate surface area is 116 Å². The molecule has 1 aliphatic rings. The van der Waals surface area contributed by atoms with E-state index in [2.05, 4.69) is 18.7 Å². The lowest BCUT2D eigenvalue weighted by Crippen LogP contribution is -2.34. The van der Waals surface area contributed by atoms with Crippen LogP contribution in [0.3, 0.4) is 0 Å². The number of benzene rings is 1. The van der Waals surface area contributed by atoms with Crippen molar-refractivity contribution in [1.82, 2.24) is 0 Å². The van der Waals surface area contributed by atoms with E-state index in [4.69, 9.17) is 5.73 Å². The van der Waals surface area contributed by atoms with Gasteiger partial charge in [0.25, 0.3) is 0 Å². The van der Waals surface area contributed by atoms with Gasteiger partial charge in [-0.3, -0.25) is 0 Å². The molecule has 1 fully saturated rings. The summed E-state index contributed by atoms with van der Waals surface area (Å²) in [5, 5.41) is 0. The monoisotopic (exact) mass is 348 g/mol. The second-order valence-electron chi connectivity index (χ2n) is 4.72. The molecule has 0 aromatic heterocycles. The average molecular weight is 348 g/mol. The van der Waals surface area contributed by atoms with Crippen molar-refractivity contribution in [2.45, 2.75) is 45.2 Å². The molecular formula is C13H18FIN2. The molecule has 0 amide bonds. The Morgan fingerprint density at radius 1 is 1.47 bits per heavy atom. The lowest BCUT2D eigenvalue weighted by atomic mass is 10.1. The fraction of sp³-hybridized carbons (Fsp3) is 0.538. The first-order chi connectivity index (χ1) is 8.04. The fourth-order valence-corrected chi connectivity index (χ4v) is 3.17. The summed E-state index contributed by atoms with van der Waals surface area (Å²) in [6.45, 7) is 4.36. The highest BCUT2D eigenvalue weighted by Gasteiger charge is 2.30. The third kappa shape index (κ3) is 2.37. The summed E-state index contributed by atoms with van der Waals surface area (Å²) in [6.07, 6.45) is 3.41. The number of nitrogens with zero attached hydrogens (tertiary/aromatic N) is 1. The SMILES string of the molecule is CCC1CCC(C)N1c1cc(F)c(I)cc1N. The second kappa shape index (κ2) is 5.00. The molecule has 2 rings (SSSR count). The van der Waals surface area contributed by atoms with Gasteiger partial charge in [0.2, 0.25) is 0 Å². The van der Waals surface area contributed by atoms with Gasteiger partial charge in [0.1, 0.15) is 5.82 Å². The molecule has 4 heteroatoms. The van der Waals surface area contributed by atoms with Crippen molar-refractivity contribution in [3.63, 3.8) is 0 Å². The molecule has 0 saturated carbocycles. The van der Waals surface area contributed by atoms with Gasteiger partial charge in [0.15, 0.2) is 0 Å². The van der Waals surface area contributed by atoms with E-state index in [0.717, 1.165) is 18.5 Å². The van der Waals surface area contributed by atoms with Crippen LogP contribution >= 0.6 is 22.6 Å². The molecule has 1 aromatic carbocycles. The molecular weight excluding hydrogens is 330 g/mol. The van der Waals surface area contributed by atoms with Crippen molar-refractivity contribution in [2.24, 2.45) is 0 Å². The standard InChI is InChI=1S/C13H18FIN2/c1-3-9-5-4-8(2)17(9)13-6-10(14)11(15)7-12(13)16/h6-9H,3-5,16H2,1-2H3. The molecule has 1 heterocycles. The van der Waals surface area contributed by atoms with Gasteiger partial charge < -0.3 is 10.6 Å². The number of nitrogen functional groups attached to an aromatic ring is 1. The Hall–Kier alpha value is -0.520. The smallest absolute Gasteiger partial charge is 0.138 e. The number of halogens is 2. The maximum Gasteiger partial charge on any atom is 0.138 e. The summed E-state index contributed by atoms with van der Waals surface area (Å²) in [4.78, 5) is 2.29. The molecule has 94 valence electrons. The van der Waals surface area contributed by atoms with Gasteiger partial charge in [0, 0.05) is 18.2 Å². The van der Waals surface area contributed by atoms with E-state index >= 15 is 0 Å². The first kappa shape index (κ1) is 12.9. The predicted octanol–water partition coefficient (Wildman–Crippen LogP) is 3.78. The third-order valence-corrected chi connectivity index (χ3v) is 4.43. The van der Waals surface area contributed by atoms with Crippen molar-refractivity contribution in [1.29, 1.82) is 0 Å². The molecule has 0 aliphatic carbocycles. The van der Waals surface area contributed by atoms with Gasteiger partial charge in [-0.1, -0.05) is 6.92 Å². The minimum absolute atomic E-state index is 0.177. The lowest BCUT2D eigenvalue weighted by Gasteiger charge is -2.31. The predicted molar refractivity (Wildman–Crippen MR) is 78.8 cm³/mol. The zero-order valence-electron chi connectivity index (χ0n) is 10.2. The van der Waals surface area contributed by atoms with Gasteiger partial charge in [-0.25, -0.2) is 4.39 Å². The number of hydrogen-bond acceptors (Lipinski definition) is 2. The Bertz CT molecular complexity index is 422. The van der Waals surface area contributed by atoms with Crippen LogP contribution < -0.4 is 10.6 Å². The van der Waals surface area contributed by atoms with Gasteiger partial charge in [-0.15, -0.1) is 0 Å². The second-order valence-corrected chi connectivity index (χ2v) is 5.88. The molecule has 1 aliphatic heterocycles. The van der Waals surface area contributed by atoms with E-state index < -0.39 is 0 Å². The van der Waals surface area contributed by atoms with Crippen molar-refractivity contribution >= 4 is 34.0 Å². The van der Waals surface area contributed by atoms with Crippen molar-refractivity contribution in [3.05, 3.63) is 21.5 Å². The van der Waals surface area contributed by atoms with Gasteiger partial charge in [0.05, 0.1) is 14.9 Å². The molecule has 2 atom stereocenters. The normalized spacial score (nSPS) is 24.4. The highest BCUT2D eigenvalue weighted by atomic mass is 127. The quantitative estimate of drug-likeness (QED) is 0.651. The van der Waals surface area contributed by atoms with Crippen molar-refractivity contribution in [2.75, 3.05) is 10.6 Å². The number of nitrogens with two attached hydrogens (primary N) is 1. The van der Waals surface area contributed by atoms with E-state index in [9.17, 15) is 4.39 Å². The first-order valence-electron chi connectivity index (χ1n) is 6.07. The van der Waals surface area contributed by atoms with E-state index in [1.807, 2.05) is 22.6 Å². The van der Waals surface area contributed by atoms with Crippen LogP contribution in [0.4, 0.5) is 15.8 Å². The van der Waals surface area contributed by atoms with Crippen LogP contribution in [0.1, 0.15) is 33.1 Å². The largest absolute Gasteiger partial charge is 0.397 e. The molecule has 1 aromatic rings. The van der Waals surface area contributed by atoms with Gasteiger partial charge in [-0.05, 0) is 54.8 Å². The minimum Gasteiger partial charge on any atom is -0.397 e. The minimum atomic E-state index is -0.177. The molecule has 2 N–H and O–H groups in total. The lowest BCUT2D eigenvalue weighted by molar-refractivity contribution is 0.607. The summed E-state index contributed by atoms with van der Waals surface area (Å²) in [5.74, 6) is -0.177. The topological polar surface area (TPSA) is 29.3 Å². The maximum absolute atomic E-state index is 13.7. The van der Waals surface area contributed by atoms with Crippen LogP contribution in [0.5, 0.6) is 0 Å². The maximum atomic E-state index is 13.7. The molecule has 0 radical (unpaired) electrons. The molecule has 2 nitrogen and oxygen atoms in total. The van der Waals surface area contributed by atoms with E-state index in [-0.39, 0.29) is 5.82 Å².